The van der Waals surface area contributed by atoms with E-state index in [4.69, 9.17) is 0 Å². The number of hydrogen-bond donors (Lipinski definition) is 1. The first-order chi connectivity index (χ1) is 9.58. The molecule has 20 heavy (non-hydrogen) atoms. The molecule has 4 nitrogen and oxygen atoms in total. The summed E-state index contributed by atoms with van der Waals surface area (Å²) in [5, 5.41) is 5.76. The van der Waals surface area contributed by atoms with E-state index in [0.717, 1.165) is 22.1 Å². The molecule has 0 saturated heterocycles. The molecule has 0 fully saturated rings. The molecule has 6 heteroatoms. The summed E-state index contributed by atoms with van der Waals surface area (Å²) >= 11 is 1.45. The molecule has 1 aromatic carbocycles. The lowest BCUT2D eigenvalue weighted by Crippen LogP contribution is -2.02. The molecule has 0 unspecified atom stereocenters. The Kier molecular flexibility index (Phi) is 4.68. The number of ether oxygens (including phenoxy) is 1. The van der Waals surface area contributed by atoms with Crippen LogP contribution in [0.15, 0.2) is 23.6 Å². The number of aryl methyl sites for hydroxylation is 2. The summed E-state index contributed by atoms with van der Waals surface area (Å²) in [5.41, 5.74) is 2.47. The van der Waals surface area contributed by atoms with Crippen molar-refractivity contribution in [1.29, 1.82) is 0 Å². The van der Waals surface area contributed by atoms with Crippen LogP contribution in [0.3, 0.4) is 0 Å². The molecule has 1 N–H and O–H groups in total. The van der Waals surface area contributed by atoms with Crippen LogP contribution >= 0.6 is 11.3 Å². The molecule has 0 aliphatic carbocycles. The lowest BCUT2D eigenvalue weighted by molar-refractivity contribution is -0.140. The number of anilines is 2. The van der Waals surface area contributed by atoms with Crippen molar-refractivity contribution in [3.63, 3.8) is 0 Å². The van der Waals surface area contributed by atoms with Crippen molar-refractivity contribution in [1.82, 2.24) is 4.98 Å². The van der Waals surface area contributed by atoms with Gasteiger partial charge in [-0.3, -0.25) is 4.79 Å². The van der Waals surface area contributed by atoms with Gasteiger partial charge in [0.25, 0.3) is 0 Å². The highest BCUT2D eigenvalue weighted by molar-refractivity contribution is 7.13. The van der Waals surface area contributed by atoms with Crippen LogP contribution < -0.4 is 5.32 Å². The standard InChI is InChI=1S/C14H15FN2O2S/c1-9-7-10(15)3-5-12(9)17-14-16-11(8-20-14)4-6-13(18)19-2/h3,5,7-8H,4,6H2,1-2H3,(H,16,17). The van der Waals surface area contributed by atoms with Gasteiger partial charge < -0.3 is 10.1 Å². The van der Waals surface area contributed by atoms with Crippen molar-refractivity contribution in [3.05, 3.63) is 40.7 Å². The lowest BCUT2D eigenvalue weighted by atomic mass is 10.2. The summed E-state index contributed by atoms with van der Waals surface area (Å²) in [6.45, 7) is 1.83. The Hall–Kier alpha value is -1.95. The maximum Gasteiger partial charge on any atom is 0.305 e. The first-order valence-electron chi connectivity index (χ1n) is 6.13. The van der Waals surface area contributed by atoms with Gasteiger partial charge in [0.15, 0.2) is 5.13 Å². The number of benzene rings is 1. The first-order valence-corrected chi connectivity index (χ1v) is 7.01. The van der Waals surface area contributed by atoms with Crippen molar-refractivity contribution in [3.8, 4) is 0 Å². The summed E-state index contributed by atoms with van der Waals surface area (Å²) in [4.78, 5) is 15.4. The van der Waals surface area contributed by atoms with E-state index in [-0.39, 0.29) is 11.8 Å². The van der Waals surface area contributed by atoms with Crippen molar-refractivity contribution in [2.24, 2.45) is 0 Å². The monoisotopic (exact) mass is 294 g/mol. The summed E-state index contributed by atoms with van der Waals surface area (Å²) in [6.07, 6.45) is 0.864. The van der Waals surface area contributed by atoms with Gasteiger partial charge in [-0.1, -0.05) is 0 Å². The second kappa shape index (κ2) is 6.47. The highest BCUT2D eigenvalue weighted by atomic mass is 32.1. The van der Waals surface area contributed by atoms with E-state index in [1.54, 1.807) is 6.07 Å². The fourth-order valence-corrected chi connectivity index (χ4v) is 2.45. The first kappa shape index (κ1) is 14.5. The van der Waals surface area contributed by atoms with Gasteiger partial charge in [-0.05, 0) is 30.7 Å². The molecule has 0 atom stereocenters. The molecule has 1 heterocycles. The zero-order chi connectivity index (χ0) is 14.5. The van der Waals surface area contributed by atoms with E-state index in [9.17, 15) is 9.18 Å². The zero-order valence-corrected chi connectivity index (χ0v) is 12.1. The van der Waals surface area contributed by atoms with E-state index < -0.39 is 0 Å². The number of nitrogens with zero attached hydrogens (tertiary/aromatic N) is 1. The maximum absolute atomic E-state index is 13.0. The zero-order valence-electron chi connectivity index (χ0n) is 11.3. The molecule has 2 rings (SSSR count). The Bertz CT molecular complexity index is 613. The quantitative estimate of drug-likeness (QED) is 0.858. The van der Waals surface area contributed by atoms with Crippen LogP contribution in [0.4, 0.5) is 15.2 Å². The SMILES string of the molecule is COC(=O)CCc1csc(Nc2ccc(F)cc2C)n1. The average molecular weight is 294 g/mol. The van der Waals surface area contributed by atoms with Crippen molar-refractivity contribution >= 4 is 28.1 Å². The van der Waals surface area contributed by atoms with E-state index >= 15 is 0 Å². The predicted molar refractivity (Wildman–Crippen MR) is 76.9 cm³/mol. The number of rotatable bonds is 5. The molecule has 0 spiro atoms. The van der Waals surface area contributed by atoms with Gasteiger partial charge in [-0.25, -0.2) is 9.37 Å². The lowest BCUT2D eigenvalue weighted by Gasteiger charge is -2.06. The number of nitrogens with one attached hydrogen (secondary N) is 1. The van der Waals surface area contributed by atoms with Gasteiger partial charge in [0.2, 0.25) is 0 Å². The number of aromatic nitrogens is 1. The Labute approximate surface area is 120 Å². The minimum atomic E-state index is -0.258. The van der Waals surface area contributed by atoms with Gasteiger partial charge in [0, 0.05) is 17.5 Å². The fourth-order valence-electron chi connectivity index (χ4n) is 1.69. The number of methoxy groups -OCH3 is 1. The third kappa shape index (κ3) is 3.77. The second-order valence-electron chi connectivity index (χ2n) is 4.30. The van der Waals surface area contributed by atoms with Gasteiger partial charge >= 0.3 is 5.97 Å². The van der Waals surface area contributed by atoms with Gasteiger partial charge in [0.05, 0.1) is 19.2 Å². The average Bonchev–Trinajstić information content (AvgIpc) is 2.87. The van der Waals surface area contributed by atoms with Crippen LogP contribution in [-0.2, 0) is 16.0 Å². The number of esters is 1. The summed E-state index contributed by atoms with van der Waals surface area (Å²) in [7, 11) is 1.37. The Balaban J connectivity index is 2.00. The third-order valence-electron chi connectivity index (χ3n) is 2.79. The number of thiazole rings is 1. The van der Waals surface area contributed by atoms with Crippen LogP contribution in [0.25, 0.3) is 0 Å². The summed E-state index contributed by atoms with van der Waals surface area (Å²) in [5.74, 6) is -0.507. The third-order valence-corrected chi connectivity index (χ3v) is 3.60. The molecule has 2 aromatic rings. The van der Waals surface area contributed by atoms with E-state index in [1.165, 1.54) is 30.6 Å². The minimum absolute atomic E-state index is 0.248. The number of halogens is 1. The smallest absolute Gasteiger partial charge is 0.305 e. The van der Waals surface area contributed by atoms with E-state index in [2.05, 4.69) is 15.0 Å². The highest BCUT2D eigenvalue weighted by Gasteiger charge is 2.07. The molecular formula is C14H15FN2O2S. The number of hydrogen-bond acceptors (Lipinski definition) is 5. The summed E-state index contributed by atoms with van der Waals surface area (Å²) < 4.78 is 17.6. The number of carbonyl (C=O) groups is 1. The molecular weight excluding hydrogens is 279 g/mol. The van der Waals surface area contributed by atoms with Crippen LogP contribution in [0.2, 0.25) is 0 Å². The van der Waals surface area contributed by atoms with Crippen molar-refractivity contribution < 1.29 is 13.9 Å². The van der Waals surface area contributed by atoms with Crippen LogP contribution in [-0.4, -0.2) is 18.1 Å². The van der Waals surface area contributed by atoms with E-state index in [0.29, 0.717) is 12.8 Å². The van der Waals surface area contributed by atoms with Crippen LogP contribution in [0, 0.1) is 12.7 Å². The van der Waals surface area contributed by atoms with Crippen molar-refractivity contribution in [2.45, 2.75) is 19.8 Å². The molecule has 0 bridgehead atoms. The van der Waals surface area contributed by atoms with Gasteiger partial charge in [-0.15, -0.1) is 11.3 Å². The fraction of sp³-hybridized carbons (Fsp3) is 0.286. The van der Waals surface area contributed by atoms with Crippen molar-refractivity contribution in [2.75, 3.05) is 12.4 Å². The molecule has 106 valence electrons. The van der Waals surface area contributed by atoms with E-state index in [1.807, 2.05) is 12.3 Å². The summed E-state index contributed by atoms with van der Waals surface area (Å²) in [6, 6.07) is 4.55. The molecule has 1 aromatic heterocycles. The van der Waals surface area contributed by atoms with Gasteiger partial charge in [-0.2, -0.15) is 0 Å². The molecule has 0 radical (unpaired) electrons. The van der Waals surface area contributed by atoms with Crippen LogP contribution in [0.1, 0.15) is 17.7 Å². The highest BCUT2D eigenvalue weighted by Crippen LogP contribution is 2.24. The molecule has 0 amide bonds. The normalized spacial score (nSPS) is 10.3. The Morgan fingerprint density at radius 1 is 1.50 bits per heavy atom. The Morgan fingerprint density at radius 2 is 2.30 bits per heavy atom. The van der Waals surface area contributed by atoms with Crippen LogP contribution in [0.5, 0.6) is 0 Å². The predicted octanol–water partition coefficient (Wildman–Crippen LogP) is 3.44. The topological polar surface area (TPSA) is 51.2 Å². The largest absolute Gasteiger partial charge is 0.469 e. The maximum atomic E-state index is 13.0. The minimum Gasteiger partial charge on any atom is -0.469 e. The molecule has 0 saturated carbocycles. The number of carbonyl (C=O) groups excluding carboxylic acids is 1. The Morgan fingerprint density at radius 3 is 3.00 bits per heavy atom. The second-order valence-corrected chi connectivity index (χ2v) is 5.16. The molecule has 0 aliphatic rings. The molecule has 0 aliphatic heterocycles. The van der Waals surface area contributed by atoms with Gasteiger partial charge in [0.1, 0.15) is 5.82 Å².